The van der Waals surface area contributed by atoms with Crippen LogP contribution in [0.15, 0.2) is 29.0 Å². The van der Waals surface area contributed by atoms with E-state index in [0.717, 1.165) is 28.7 Å². The van der Waals surface area contributed by atoms with Crippen LogP contribution in [0.5, 0.6) is 0 Å². The minimum atomic E-state index is 0.621. The van der Waals surface area contributed by atoms with Crippen LogP contribution >= 0.6 is 15.9 Å². The van der Waals surface area contributed by atoms with Crippen molar-refractivity contribution in [3.05, 3.63) is 34.7 Å². The molecule has 0 saturated heterocycles. The third-order valence-electron chi connectivity index (χ3n) is 2.34. The molecule has 5 heteroatoms. The molecule has 0 saturated carbocycles. The van der Waals surface area contributed by atoms with Crippen LogP contribution in [-0.2, 0) is 6.42 Å². The maximum atomic E-state index is 5.82. The molecule has 2 heterocycles. The van der Waals surface area contributed by atoms with E-state index < -0.39 is 0 Å². The normalized spacial score (nSPS) is 10.5. The lowest BCUT2D eigenvalue weighted by molar-refractivity contribution is 0.877. The maximum Gasteiger partial charge on any atom is 0.178 e. The highest BCUT2D eigenvalue weighted by Crippen LogP contribution is 2.18. The van der Waals surface area contributed by atoms with Crippen LogP contribution in [0.4, 0.5) is 5.69 Å². The molecule has 0 bridgehead atoms. The molecule has 0 aliphatic rings. The molecule has 0 fully saturated rings. The minimum absolute atomic E-state index is 0.621. The number of rotatable bonds is 3. The van der Waals surface area contributed by atoms with Gasteiger partial charge < -0.3 is 5.73 Å². The smallest absolute Gasteiger partial charge is 0.178 e. The number of halogens is 1. The molecule has 2 rings (SSSR count). The molecule has 0 aliphatic heterocycles. The summed E-state index contributed by atoms with van der Waals surface area (Å²) in [4.78, 5) is 12.9. The Hall–Kier alpha value is -1.49. The predicted molar refractivity (Wildman–Crippen MR) is 71.4 cm³/mol. The summed E-state index contributed by atoms with van der Waals surface area (Å²) in [5.74, 6) is 0.621. The lowest BCUT2D eigenvalue weighted by Crippen LogP contribution is -2.02. The van der Waals surface area contributed by atoms with E-state index in [2.05, 4.69) is 37.8 Å². The molecule has 0 aliphatic carbocycles. The Kier molecular flexibility index (Phi) is 3.68. The molecular weight excluding hydrogens is 280 g/mol. The van der Waals surface area contributed by atoms with Gasteiger partial charge in [-0.2, -0.15) is 0 Å². The molecule has 0 unspecified atom stereocenters. The van der Waals surface area contributed by atoms with Crippen LogP contribution in [0.2, 0.25) is 0 Å². The number of anilines is 1. The summed E-state index contributed by atoms with van der Waals surface area (Å²) >= 11 is 3.35. The fourth-order valence-corrected chi connectivity index (χ4v) is 1.73. The van der Waals surface area contributed by atoms with Gasteiger partial charge in [0.15, 0.2) is 5.82 Å². The van der Waals surface area contributed by atoms with Gasteiger partial charge in [-0.1, -0.05) is 13.3 Å². The molecule has 2 N–H and O–H groups in total. The Labute approximate surface area is 108 Å². The van der Waals surface area contributed by atoms with Crippen LogP contribution in [0.1, 0.15) is 19.0 Å². The Morgan fingerprint density at radius 3 is 2.71 bits per heavy atom. The number of aryl methyl sites for hydroxylation is 1. The molecule has 4 nitrogen and oxygen atoms in total. The van der Waals surface area contributed by atoms with Crippen molar-refractivity contribution < 1.29 is 0 Å². The van der Waals surface area contributed by atoms with E-state index in [4.69, 9.17) is 5.73 Å². The number of nitrogens with two attached hydrogens (primary N) is 1. The van der Waals surface area contributed by atoms with Gasteiger partial charge in [-0.25, -0.2) is 9.97 Å². The van der Waals surface area contributed by atoms with E-state index in [1.54, 1.807) is 12.4 Å². The summed E-state index contributed by atoms with van der Waals surface area (Å²) in [7, 11) is 0. The standard InChI is InChI=1S/C12H13BrN4/c1-2-3-10-9(14)7-16-12(17-10)11-5-4-8(13)6-15-11/h4-7H,2-3,14H2,1H3. The molecule has 2 aromatic heterocycles. The summed E-state index contributed by atoms with van der Waals surface area (Å²) in [6.45, 7) is 2.10. The van der Waals surface area contributed by atoms with E-state index in [1.165, 1.54) is 0 Å². The summed E-state index contributed by atoms with van der Waals surface area (Å²) in [6.07, 6.45) is 5.25. The third kappa shape index (κ3) is 2.79. The molecule has 0 amide bonds. The van der Waals surface area contributed by atoms with Gasteiger partial charge in [0.1, 0.15) is 5.69 Å². The van der Waals surface area contributed by atoms with E-state index in [9.17, 15) is 0 Å². The first kappa shape index (κ1) is 12.0. The Balaban J connectivity index is 2.39. The first-order chi connectivity index (χ1) is 8.20. The summed E-state index contributed by atoms with van der Waals surface area (Å²) in [6, 6.07) is 3.80. The maximum absolute atomic E-state index is 5.82. The number of aromatic nitrogens is 3. The largest absolute Gasteiger partial charge is 0.396 e. The number of pyridine rings is 1. The SMILES string of the molecule is CCCc1nc(-c2ccc(Br)cn2)ncc1N. The fraction of sp³-hybridized carbons (Fsp3) is 0.250. The zero-order valence-electron chi connectivity index (χ0n) is 9.52. The molecule has 88 valence electrons. The molecule has 2 aromatic rings. The van der Waals surface area contributed by atoms with Gasteiger partial charge in [0.05, 0.1) is 17.6 Å². The van der Waals surface area contributed by atoms with Crippen molar-refractivity contribution in [1.82, 2.24) is 15.0 Å². The molecule has 17 heavy (non-hydrogen) atoms. The fourth-order valence-electron chi connectivity index (χ4n) is 1.49. The van der Waals surface area contributed by atoms with Crippen molar-refractivity contribution in [2.24, 2.45) is 0 Å². The minimum Gasteiger partial charge on any atom is -0.396 e. The van der Waals surface area contributed by atoms with E-state index >= 15 is 0 Å². The van der Waals surface area contributed by atoms with Gasteiger partial charge >= 0.3 is 0 Å². The number of nitrogen functional groups attached to an aromatic ring is 1. The van der Waals surface area contributed by atoms with Crippen molar-refractivity contribution in [1.29, 1.82) is 0 Å². The van der Waals surface area contributed by atoms with Crippen molar-refractivity contribution >= 4 is 21.6 Å². The Morgan fingerprint density at radius 1 is 1.24 bits per heavy atom. The zero-order chi connectivity index (χ0) is 12.3. The second kappa shape index (κ2) is 5.23. The highest BCUT2D eigenvalue weighted by molar-refractivity contribution is 9.10. The van der Waals surface area contributed by atoms with Crippen LogP contribution < -0.4 is 5.73 Å². The summed E-state index contributed by atoms with van der Waals surface area (Å²) < 4.78 is 0.936. The number of hydrogen-bond donors (Lipinski definition) is 1. The Bertz CT molecular complexity index is 510. The van der Waals surface area contributed by atoms with E-state index in [1.807, 2.05) is 12.1 Å². The predicted octanol–water partition coefficient (Wildman–Crippen LogP) is 2.84. The van der Waals surface area contributed by atoms with Gasteiger partial charge in [0.2, 0.25) is 0 Å². The van der Waals surface area contributed by atoms with Gasteiger partial charge in [0, 0.05) is 10.7 Å². The van der Waals surface area contributed by atoms with Gasteiger partial charge in [-0.3, -0.25) is 4.98 Å². The van der Waals surface area contributed by atoms with E-state index in [0.29, 0.717) is 11.5 Å². The quantitative estimate of drug-likeness (QED) is 0.945. The topological polar surface area (TPSA) is 64.7 Å². The lowest BCUT2D eigenvalue weighted by atomic mass is 10.2. The third-order valence-corrected chi connectivity index (χ3v) is 2.81. The Morgan fingerprint density at radius 2 is 2.06 bits per heavy atom. The van der Waals surface area contributed by atoms with Crippen LogP contribution in [0, 0.1) is 0 Å². The van der Waals surface area contributed by atoms with Crippen molar-refractivity contribution in [2.75, 3.05) is 5.73 Å². The van der Waals surface area contributed by atoms with Crippen molar-refractivity contribution in [3.63, 3.8) is 0 Å². The van der Waals surface area contributed by atoms with Crippen LogP contribution in [-0.4, -0.2) is 15.0 Å². The number of nitrogens with zero attached hydrogens (tertiary/aromatic N) is 3. The second-order valence-electron chi connectivity index (χ2n) is 3.71. The molecule has 0 atom stereocenters. The average molecular weight is 293 g/mol. The first-order valence-corrected chi connectivity index (χ1v) is 6.23. The lowest BCUT2D eigenvalue weighted by Gasteiger charge is -2.05. The molecule has 0 aromatic carbocycles. The number of hydrogen-bond acceptors (Lipinski definition) is 4. The second-order valence-corrected chi connectivity index (χ2v) is 4.62. The zero-order valence-corrected chi connectivity index (χ0v) is 11.1. The monoisotopic (exact) mass is 292 g/mol. The average Bonchev–Trinajstić information content (AvgIpc) is 2.33. The molecular formula is C12H13BrN4. The summed E-state index contributed by atoms with van der Waals surface area (Å²) in [5.41, 5.74) is 8.12. The van der Waals surface area contributed by atoms with Gasteiger partial charge in [-0.05, 0) is 34.5 Å². The van der Waals surface area contributed by atoms with Gasteiger partial charge in [0.25, 0.3) is 0 Å². The van der Waals surface area contributed by atoms with Crippen molar-refractivity contribution in [3.8, 4) is 11.5 Å². The van der Waals surface area contributed by atoms with Crippen molar-refractivity contribution in [2.45, 2.75) is 19.8 Å². The molecule has 0 radical (unpaired) electrons. The highest BCUT2D eigenvalue weighted by Gasteiger charge is 2.06. The highest BCUT2D eigenvalue weighted by atomic mass is 79.9. The summed E-state index contributed by atoms with van der Waals surface area (Å²) in [5, 5.41) is 0. The molecule has 0 spiro atoms. The van der Waals surface area contributed by atoms with Gasteiger partial charge in [-0.15, -0.1) is 0 Å². The van der Waals surface area contributed by atoms with E-state index in [-0.39, 0.29) is 0 Å². The van der Waals surface area contributed by atoms with Crippen LogP contribution in [0.25, 0.3) is 11.5 Å². The first-order valence-electron chi connectivity index (χ1n) is 5.44. The van der Waals surface area contributed by atoms with Crippen LogP contribution in [0.3, 0.4) is 0 Å².